The van der Waals surface area contributed by atoms with Crippen LogP contribution in [0.15, 0.2) is 72.0 Å². The van der Waals surface area contributed by atoms with Gasteiger partial charge in [0, 0.05) is 35.2 Å². The maximum atomic E-state index is 12.9. The van der Waals surface area contributed by atoms with Gasteiger partial charge in [0.25, 0.3) is 0 Å². The normalized spacial score (nSPS) is 14.2. The van der Waals surface area contributed by atoms with Gasteiger partial charge in [-0.25, -0.2) is 9.97 Å². The molecule has 5 nitrogen and oxygen atoms in total. The topological polar surface area (TPSA) is 73.9 Å². The molecule has 0 radical (unpaired) electrons. The number of aromatic nitrogens is 3. The van der Waals surface area contributed by atoms with E-state index in [-0.39, 0.29) is 23.8 Å². The van der Waals surface area contributed by atoms with Crippen LogP contribution >= 0.6 is 10.2 Å². The Morgan fingerprint density at radius 3 is 2.17 bits per heavy atom. The lowest BCUT2D eigenvalue weighted by Crippen LogP contribution is -2.05. The SMILES string of the molecule is Nc1ccnc2ccc(-c3nccnc3Oc3ccc(S(F)(F)(F)(F)F)cc3)cc12. The third kappa shape index (κ3) is 3.96. The van der Waals surface area contributed by atoms with Gasteiger partial charge in [0.15, 0.2) is 0 Å². The monoisotopic (exact) mass is 440 g/mol. The molecule has 0 amide bonds. The fraction of sp³-hybridized carbons (Fsp3) is 0. The Morgan fingerprint density at radius 1 is 0.767 bits per heavy atom. The van der Waals surface area contributed by atoms with Gasteiger partial charge in [-0.3, -0.25) is 4.98 Å². The number of nitrogens with two attached hydrogens (primary N) is 1. The van der Waals surface area contributed by atoms with Crippen molar-refractivity contribution in [1.29, 1.82) is 0 Å². The zero-order valence-electron chi connectivity index (χ0n) is 15.0. The number of hydrogen-bond donors (Lipinski definition) is 1. The van der Waals surface area contributed by atoms with Crippen molar-refractivity contribution in [3.63, 3.8) is 0 Å². The molecule has 0 aliphatic rings. The Hall–Kier alpha value is -3.47. The van der Waals surface area contributed by atoms with Crippen molar-refractivity contribution in [3.05, 3.63) is 67.1 Å². The van der Waals surface area contributed by atoms with E-state index in [4.69, 9.17) is 10.5 Å². The average Bonchev–Trinajstić information content (AvgIpc) is 2.67. The molecule has 0 aliphatic carbocycles. The molecular weight excluding hydrogens is 427 g/mol. The second-order valence-electron chi connectivity index (χ2n) is 6.38. The van der Waals surface area contributed by atoms with E-state index >= 15 is 0 Å². The number of hydrogen-bond acceptors (Lipinski definition) is 5. The van der Waals surface area contributed by atoms with Crippen molar-refractivity contribution in [3.8, 4) is 22.9 Å². The van der Waals surface area contributed by atoms with Gasteiger partial charge in [-0.15, -0.1) is 0 Å². The third-order valence-electron chi connectivity index (χ3n) is 4.20. The predicted molar refractivity (Wildman–Crippen MR) is 105 cm³/mol. The predicted octanol–water partition coefficient (Wildman–Crippen LogP) is 6.72. The second-order valence-corrected chi connectivity index (χ2v) is 8.79. The highest BCUT2D eigenvalue weighted by Crippen LogP contribution is 3.02. The number of ether oxygens (including phenoxy) is 1. The highest BCUT2D eigenvalue weighted by molar-refractivity contribution is 8.45. The van der Waals surface area contributed by atoms with E-state index in [0.29, 0.717) is 27.8 Å². The molecule has 4 aromatic rings. The van der Waals surface area contributed by atoms with Crippen molar-refractivity contribution < 1.29 is 24.2 Å². The molecular formula is C19H13F5N4OS. The van der Waals surface area contributed by atoms with Crippen LogP contribution in [0.3, 0.4) is 0 Å². The highest BCUT2D eigenvalue weighted by atomic mass is 32.5. The summed E-state index contributed by atoms with van der Waals surface area (Å²) in [7, 11) is -9.75. The van der Waals surface area contributed by atoms with Gasteiger partial charge in [0.2, 0.25) is 5.88 Å². The van der Waals surface area contributed by atoms with E-state index < -0.39 is 15.1 Å². The smallest absolute Gasteiger partial charge is 0.310 e. The number of pyridine rings is 1. The number of halogens is 5. The quantitative estimate of drug-likeness (QED) is 0.357. The van der Waals surface area contributed by atoms with Gasteiger partial charge in [-0.2, -0.15) is 0 Å². The first-order valence-electron chi connectivity index (χ1n) is 8.38. The van der Waals surface area contributed by atoms with E-state index in [2.05, 4.69) is 15.0 Å². The number of nitrogen functional groups attached to an aromatic ring is 1. The van der Waals surface area contributed by atoms with Gasteiger partial charge in [-0.05, 0) is 42.5 Å². The van der Waals surface area contributed by atoms with Crippen molar-refractivity contribution in [2.24, 2.45) is 0 Å². The summed E-state index contributed by atoms with van der Waals surface area (Å²) in [6.07, 6.45) is 4.32. The zero-order chi connectivity index (χ0) is 21.6. The molecule has 0 saturated carbocycles. The van der Waals surface area contributed by atoms with Gasteiger partial charge >= 0.3 is 10.2 Å². The van der Waals surface area contributed by atoms with Gasteiger partial charge in [0.1, 0.15) is 16.3 Å². The first kappa shape index (κ1) is 19.8. The molecule has 0 bridgehead atoms. The summed E-state index contributed by atoms with van der Waals surface area (Å²) in [4.78, 5) is 10.5. The number of fused-ring (bicyclic) bond motifs is 1. The Morgan fingerprint density at radius 2 is 1.47 bits per heavy atom. The molecule has 30 heavy (non-hydrogen) atoms. The minimum atomic E-state index is -9.75. The lowest BCUT2D eigenvalue weighted by atomic mass is 10.1. The van der Waals surface area contributed by atoms with Crippen LogP contribution in [0.25, 0.3) is 22.2 Å². The molecule has 2 aromatic heterocycles. The van der Waals surface area contributed by atoms with Gasteiger partial charge in [0.05, 0.1) is 5.52 Å². The number of anilines is 1. The Kier molecular flexibility index (Phi) is 3.98. The third-order valence-corrected chi connectivity index (χ3v) is 5.36. The highest BCUT2D eigenvalue weighted by Gasteiger charge is 2.65. The van der Waals surface area contributed by atoms with Crippen LogP contribution in [0, 0.1) is 0 Å². The van der Waals surface area contributed by atoms with Crippen LogP contribution < -0.4 is 10.5 Å². The first-order valence-corrected chi connectivity index (χ1v) is 10.3. The van der Waals surface area contributed by atoms with Crippen LogP contribution in [-0.4, -0.2) is 15.0 Å². The summed E-state index contributed by atoms with van der Waals surface area (Å²) >= 11 is 0. The van der Waals surface area contributed by atoms with E-state index in [1.165, 1.54) is 12.4 Å². The standard InChI is InChI=1S/C19H13F5N4OS/c20-30(21,22,23,24)14-4-2-13(3-5-14)29-19-18(27-9-10-28-19)12-1-6-17-15(11-12)16(25)7-8-26-17/h1-11H,(H2,25,26). The molecule has 11 heteroatoms. The fourth-order valence-corrected chi connectivity index (χ4v) is 3.44. The lowest BCUT2D eigenvalue weighted by molar-refractivity contribution is 0.363. The summed E-state index contributed by atoms with van der Waals surface area (Å²) < 4.78 is 69.9. The summed E-state index contributed by atoms with van der Waals surface area (Å²) in [5, 5.41) is 0.673. The Balaban J connectivity index is 1.71. The van der Waals surface area contributed by atoms with Crippen molar-refractivity contribution in [2.75, 3.05) is 5.73 Å². The van der Waals surface area contributed by atoms with E-state index in [0.717, 1.165) is 12.1 Å². The van der Waals surface area contributed by atoms with Crippen molar-refractivity contribution in [1.82, 2.24) is 15.0 Å². The first-order chi connectivity index (χ1) is 13.9. The summed E-state index contributed by atoms with van der Waals surface area (Å²) in [6.45, 7) is 0. The molecule has 0 spiro atoms. The Bertz CT molecular complexity index is 1270. The molecule has 0 aliphatic heterocycles. The van der Waals surface area contributed by atoms with E-state index in [1.807, 2.05) is 0 Å². The average molecular weight is 440 g/mol. The maximum absolute atomic E-state index is 12.9. The van der Waals surface area contributed by atoms with Crippen LogP contribution in [-0.2, 0) is 0 Å². The van der Waals surface area contributed by atoms with Crippen LogP contribution in [0.1, 0.15) is 0 Å². The maximum Gasteiger partial charge on any atom is 0.310 e. The zero-order valence-corrected chi connectivity index (χ0v) is 15.8. The molecule has 2 aromatic carbocycles. The largest absolute Gasteiger partial charge is 0.437 e. The summed E-state index contributed by atoms with van der Waals surface area (Å²) in [6, 6.07) is 8.95. The number of rotatable bonds is 4. The number of nitrogens with zero attached hydrogens (tertiary/aromatic N) is 3. The molecule has 2 heterocycles. The molecule has 4 rings (SSSR count). The van der Waals surface area contributed by atoms with Gasteiger partial charge < -0.3 is 10.5 Å². The summed E-state index contributed by atoms with van der Waals surface area (Å²) in [5.74, 6) is -0.122. The minimum Gasteiger partial charge on any atom is -0.437 e. The van der Waals surface area contributed by atoms with Crippen LogP contribution in [0.4, 0.5) is 25.1 Å². The van der Waals surface area contributed by atoms with Gasteiger partial charge in [-0.1, -0.05) is 25.5 Å². The minimum absolute atomic E-state index is 0.0144. The lowest BCUT2D eigenvalue weighted by Gasteiger charge is -2.40. The van der Waals surface area contributed by atoms with E-state index in [1.54, 1.807) is 30.5 Å². The molecule has 2 N–H and O–H groups in total. The van der Waals surface area contributed by atoms with Crippen LogP contribution in [0.2, 0.25) is 0 Å². The molecule has 156 valence electrons. The Labute approximate surface area is 167 Å². The second kappa shape index (κ2) is 6.02. The number of benzene rings is 2. The molecule has 0 saturated heterocycles. The van der Waals surface area contributed by atoms with Crippen molar-refractivity contribution in [2.45, 2.75) is 4.90 Å². The summed E-state index contributed by atoms with van der Waals surface area (Å²) in [5.41, 5.74) is 8.01. The molecule has 0 fully saturated rings. The van der Waals surface area contributed by atoms with Crippen molar-refractivity contribution >= 4 is 26.8 Å². The van der Waals surface area contributed by atoms with Crippen LogP contribution in [0.5, 0.6) is 11.6 Å². The molecule has 0 atom stereocenters. The molecule has 0 unspecified atom stereocenters. The fourth-order valence-electron chi connectivity index (χ4n) is 2.79. The van der Waals surface area contributed by atoms with E-state index in [9.17, 15) is 19.4 Å².